The molecule has 3 N–H and O–H groups in total. The summed E-state index contributed by atoms with van der Waals surface area (Å²) in [5.74, 6) is 0.984. The number of aliphatic hydroxyl groups excluding tert-OH is 1. The van der Waals surface area contributed by atoms with E-state index in [4.69, 9.17) is 4.98 Å². The molecule has 5 aromatic rings. The van der Waals surface area contributed by atoms with Gasteiger partial charge in [0.2, 0.25) is 0 Å². The molecule has 150 valence electrons. The van der Waals surface area contributed by atoms with Crippen LogP contribution in [-0.2, 0) is 0 Å². The molecule has 1 aromatic carbocycles. The van der Waals surface area contributed by atoms with Gasteiger partial charge < -0.3 is 15.4 Å². The van der Waals surface area contributed by atoms with E-state index in [2.05, 4.69) is 25.3 Å². The van der Waals surface area contributed by atoms with Crippen molar-refractivity contribution >= 4 is 22.6 Å². The molecule has 0 spiro atoms. The average molecular weight is 402 g/mol. The fourth-order valence-corrected chi connectivity index (χ4v) is 3.49. The molecule has 4 aromatic heterocycles. The average Bonchev–Trinajstić information content (AvgIpc) is 3.44. The monoisotopic (exact) mass is 402 g/mol. The fraction of sp³-hybridized carbons (Fsp3) is 0.150. The van der Waals surface area contributed by atoms with Gasteiger partial charge in [0.05, 0.1) is 18.1 Å². The van der Waals surface area contributed by atoms with Crippen molar-refractivity contribution in [1.29, 1.82) is 0 Å². The number of H-pyrrole nitrogens is 1. The Hall–Kier alpha value is -4.05. The molecule has 0 aliphatic carbocycles. The maximum Gasteiger partial charge on any atom is 0.339 e. The van der Waals surface area contributed by atoms with Gasteiger partial charge in [0, 0.05) is 12.8 Å². The van der Waals surface area contributed by atoms with E-state index in [1.807, 2.05) is 30.3 Å². The highest BCUT2D eigenvalue weighted by Gasteiger charge is 2.22. The molecule has 1 atom stereocenters. The Morgan fingerprint density at radius 1 is 1.10 bits per heavy atom. The number of hydrogen-bond donors (Lipinski definition) is 3. The molecule has 0 saturated heterocycles. The summed E-state index contributed by atoms with van der Waals surface area (Å²) < 4.78 is 3.04. The van der Waals surface area contributed by atoms with E-state index in [0.29, 0.717) is 40.6 Å². The van der Waals surface area contributed by atoms with Crippen LogP contribution in [0.4, 0.5) is 5.82 Å². The highest BCUT2D eigenvalue weighted by atomic mass is 16.3. The second-order valence-electron chi connectivity index (χ2n) is 6.69. The zero-order valence-corrected chi connectivity index (χ0v) is 15.8. The molecule has 0 amide bonds. The van der Waals surface area contributed by atoms with Crippen LogP contribution < -0.4 is 11.0 Å². The first-order valence-corrected chi connectivity index (χ1v) is 9.43. The molecule has 10 heteroatoms. The van der Waals surface area contributed by atoms with E-state index in [0.717, 1.165) is 0 Å². The lowest BCUT2D eigenvalue weighted by Crippen LogP contribution is -2.32. The van der Waals surface area contributed by atoms with Crippen LogP contribution >= 0.6 is 0 Å². The van der Waals surface area contributed by atoms with Crippen LogP contribution in [0.1, 0.15) is 18.3 Å². The topological polar surface area (TPSA) is 126 Å². The number of hydrogen-bond acceptors (Lipinski definition) is 7. The van der Waals surface area contributed by atoms with E-state index in [-0.39, 0.29) is 12.3 Å². The maximum atomic E-state index is 13.3. The highest BCUT2D eigenvalue weighted by Crippen LogP contribution is 2.25. The minimum absolute atomic E-state index is 0.105. The van der Waals surface area contributed by atoms with Gasteiger partial charge in [-0.1, -0.05) is 18.2 Å². The summed E-state index contributed by atoms with van der Waals surface area (Å²) in [6, 6.07) is 12.3. The predicted octanol–water partition coefficient (Wildman–Crippen LogP) is 1.69. The second-order valence-corrected chi connectivity index (χ2v) is 6.69. The summed E-state index contributed by atoms with van der Waals surface area (Å²) >= 11 is 0. The number of anilines is 1. The van der Waals surface area contributed by atoms with E-state index < -0.39 is 6.04 Å². The van der Waals surface area contributed by atoms with Crippen molar-refractivity contribution in [2.45, 2.75) is 12.5 Å². The number of rotatable bonds is 6. The summed E-state index contributed by atoms with van der Waals surface area (Å²) in [4.78, 5) is 33.6. The summed E-state index contributed by atoms with van der Waals surface area (Å²) in [6.07, 6.45) is 4.95. The standard InChI is InChI=1S/C20H18N8O2/c29-10-8-14(25-18-16-17(22-11-21-16)23-12-24-18)19-26-15-7-4-9-27(15)20(30)28(19)13-5-2-1-3-6-13/h1-7,9,11-12,14,29H,8,10H2,(H2,21,22,23,24,25). The lowest BCUT2D eigenvalue weighted by atomic mass is 10.1. The Labute approximate surface area is 169 Å². The molecule has 10 nitrogen and oxygen atoms in total. The number of benzene rings is 1. The number of aliphatic hydroxyl groups is 1. The molecule has 0 bridgehead atoms. The first-order chi connectivity index (χ1) is 14.8. The zero-order chi connectivity index (χ0) is 20.5. The van der Waals surface area contributed by atoms with Gasteiger partial charge in [-0.15, -0.1) is 0 Å². The van der Waals surface area contributed by atoms with Crippen LogP contribution in [0.5, 0.6) is 0 Å². The van der Waals surface area contributed by atoms with Gasteiger partial charge >= 0.3 is 5.69 Å². The van der Waals surface area contributed by atoms with Gasteiger partial charge in [-0.3, -0.25) is 4.40 Å². The second kappa shape index (κ2) is 7.41. The minimum Gasteiger partial charge on any atom is -0.396 e. The molecule has 0 aliphatic heterocycles. The van der Waals surface area contributed by atoms with Gasteiger partial charge in [-0.25, -0.2) is 29.3 Å². The Bertz CT molecular complexity index is 1370. The van der Waals surface area contributed by atoms with Crippen molar-refractivity contribution in [3.05, 3.63) is 77.6 Å². The van der Waals surface area contributed by atoms with Crippen LogP contribution in [-0.4, -0.2) is 45.6 Å². The number of nitrogens with one attached hydrogen (secondary N) is 2. The van der Waals surface area contributed by atoms with Crippen LogP contribution in [0.3, 0.4) is 0 Å². The normalized spacial score (nSPS) is 12.4. The molecular weight excluding hydrogens is 384 g/mol. The van der Waals surface area contributed by atoms with E-state index in [1.165, 1.54) is 17.1 Å². The first-order valence-electron chi connectivity index (χ1n) is 9.43. The van der Waals surface area contributed by atoms with Crippen LogP contribution in [0.15, 0.2) is 66.1 Å². The smallest absolute Gasteiger partial charge is 0.339 e. The highest BCUT2D eigenvalue weighted by molar-refractivity contribution is 5.82. The number of aromatic nitrogens is 7. The lowest BCUT2D eigenvalue weighted by Gasteiger charge is -2.22. The van der Waals surface area contributed by atoms with Crippen molar-refractivity contribution in [1.82, 2.24) is 33.9 Å². The van der Waals surface area contributed by atoms with Crippen molar-refractivity contribution in [2.75, 3.05) is 11.9 Å². The van der Waals surface area contributed by atoms with Crippen LogP contribution in [0.2, 0.25) is 0 Å². The van der Waals surface area contributed by atoms with Gasteiger partial charge in [-0.05, 0) is 30.7 Å². The Kier molecular flexibility index (Phi) is 4.45. The first kappa shape index (κ1) is 18.0. The number of fused-ring (bicyclic) bond motifs is 2. The van der Waals surface area contributed by atoms with Gasteiger partial charge in [0.1, 0.15) is 23.3 Å². The molecule has 0 saturated carbocycles. The predicted molar refractivity (Wildman–Crippen MR) is 111 cm³/mol. The number of para-hydroxylation sites is 1. The van der Waals surface area contributed by atoms with E-state index in [1.54, 1.807) is 22.9 Å². The van der Waals surface area contributed by atoms with Gasteiger partial charge in [0.15, 0.2) is 11.5 Å². The summed E-state index contributed by atoms with van der Waals surface area (Å²) in [5, 5.41) is 13.0. The summed E-state index contributed by atoms with van der Waals surface area (Å²) in [5.41, 5.74) is 2.12. The van der Waals surface area contributed by atoms with Crippen LogP contribution in [0.25, 0.3) is 22.5 Å². The van der Waals surface area contributed by atoms with Gasteiger partial charge in [0.25, 0.3) is 0 Å². The van der Waals surface area contributed by atoms with Crippen molar-refractivity contribution in [2.24, 2.45) is 0 Å². The van der Waals surface area contributed by atoms with Crippen molar-refractivity contribution < 1.29 is 5.11 Å². The molecular formula is C20H18N8O2. The van der Waals surface area contributed by atoms with Crippen molar-refractivity contribution in [3.63, 3.8) is 0 Å². The van der Waals surface area contributed by atoms with E-state index >= 15 is 0 Å². The molecule has 1 unspecified atom stereocenters. The maximum absolute atomic E-state index is 13.3. The molecule has 0 radical (unpaired) electrons. The quantitative estimate of drug-likeness (QED) is 0.394. The number of nitrogens with zero attached hydrogens (tertiary/aromatic N) is 6. The summed E-state index contributed by atoms with van der Waals surface area (Å²) in [6.45, 7) is -0.105. The Morgan fingerprint density at radius 2 is 1.97 bits per heavy atom. The minimum atomic E-state index is -0.496. The fourth-order valence-electron chi connectivity index (χ4n) is 3.49. The molecule has 4 heterocycles. The molecule has 30 heavy (non-hydrogen) atoms. The third-order valence-electron chi connectivity index (χ3n) is 4.86. The van der Waals surface area contributed by atoms with Gasteiger partial charge in [-0.2, -0.15) is 0 Å². The van der Waals surface area contributed by atoms with E-state index in [9.17, 15) is 9.90 Å². The third kappa shape index (κ3) is 2.99. The lowest BCUT2D eigenvalue weighted by molar-refractivity contribution is 0.277. The zero-order valence-electron chi connectivity index (χ0n) is 15.8. The Morgan fingerprint density at radius 3 is 2.80 bits per heavy atom. The molecule has 0 fully saturated rings. The summed E-state index contributed by atoms with van der Waals surface area (Å²) in [7, 11) is 0. The molecule has 0 aliphatic rings. The number of aromatic amines is 1. The third-order valence-corrected chi connectivity index (χ3v) is 4.86. The largest absolute Gasteiger partial charge is 0.396 e. The number of imidazole rings is 1. The van der Waals surface area contributed by atoms with Crippen molar-refractivity contribution in [3.8, 4) is 5.69 Å². The van der Waals surface area contributed by atoms with Crippen LogP contribution in [0, 0.1) is 0 Å². The SMILES string of the molecule is O=c1n(-c2ccccc2)c(C(CCO)Nc2ncnc3nc[nH]c23)nc2cccn12. The Balaban J connectivity index is 1.70. The molecule has 5 rings (SSSR count).